The van der Waals surface area contributed by atoms with Crippen LogP contribution in [0.5, 0.6) is 0 Å². The number of nitriles is 1. The summed E-state index contributed by atoms with van der Waals surface area (Å²) in [6.45, 7) is 8.97. The molecular formula is C16H26N2O4. The van der Waals surface area contributed by atoms with Crippen molar-refractivity contribution in [1.82, 2.24) is 4.90 Å². The molecule has 1 saturated heterocycles. The van der Waals surface area contributed by atoms with Crippen molar-refractivity contribution in [2.24, 2.45) is 5.41 Å². The summed E-state index contributed by atoms with van der Waals surface area (Å²) < 4.78 is 10.2. The fourth-order valence-electron chi connectivity index (χ4n) is 2.78. The third-order valence-electron chi connectivity index (χ3n) is 3.78. The number of likely N-dealkylation sites (tertiary alicyclic amines) is 1. The molecule has 1 rings (SSSR count). The molecule has 0 N–H and O–H groups in total. The molecule has 2 unspecified atom stereocenters. The third kappa shape index (κ3) is 4.36. The van der Waals surface area contributed by atoms with Gasteiger partial charge in [-0.05, 0) is 53.9 Å². The molecule has 22 heavy (non-hydrogen) atoms. The minimum absolute atomic E-state index is 0.156. The van der Waals surface area contributed by atoms with Crippen molar-refractivity contribution in [3.63, 3.8) is 0 Å². The lowest BCUT2D eigenvalue weighted by Crippen LogP contribution is -2.43. The molecule has 0 radical (unpaired) electrons. The van der Waals surface area contributed by atoms with E-state index in [1.807, 2.05) is 0 Å². The van der Waals surface area contributed by atoms with Crippen LogP contribution in [0.1, 0.15) is 53.9 Å². The van der Waals surface area contributed by atoms with E-state index in [-0.39, 0.29) is 18.0 Å². The molecule has 1 aliphatic rings. The maximum absolute atomic E-state index is 12.2. The first kappa shape index (κ1) is 18.3. The number of carbonyl (C=O) groups is 2. The minimum atomic E-state index is -0.697. The Morgan fingerprint density at radius 1 is 1.23 bits per heavy atom. The highest BCUT2D eigenvalue weighted by atomic mass is 16.6. The molecule has 0 saturated carbocycles. The van der Waals surface area contributed by atoms with E-state index in [4.69, 9.17) is 9.47 Å². The predicted molar refractivity (Wildman–Crippen MR) is 80.5 cm³/mol. The molecule has 124 valence electrons. The van der Waals surface area contributed by atoms with Crippen molar-refractivity contribution >= 4 is 11.9 Å². The fraction of sp³-hybridized carbons (Fsp3) is 0.812. The van der Waals surface area contributed by atoms with Crippen molar-refractivity contribution in [2.45, 2.75) is 71.6 Å². The van der Waals surface area contributed by atoms with Crippen molar-refractivity contribution in [1.29, 1.82) is 5.26 Å². The zero-order valence-electron chi connectivity index (χ0n) is 14.3. The molecule has 0 aromatic carbocycles. The van der Waals surface area contributed by atoms with E-state index < -0.39 is 17.1 Å². The highest BCUT2D eigenvalue weighted by Crippen LogP contribution is 2.34. The summed E-state index contributed by atoms with van der Waals surface area (Å²) in [5.74, 6) is -0.696. The third-order valence-corrected chi connectivity index (χ3v) is 3.78. The van der Waals surface area contributed by atoms with Crippen LogP contribution in [0.3, 0.4) is 0 Å². The number of rotatable bonds is 4. The summed E-state index contributed by atoms with van der Waals surface area (Å²) in [7, 11) is 1.35. The number of methoxy groups -OCH3 is 1. The summed E-state index contributed by atoms with van der Waals surface area (Å²) in [5, 5.41) is 9.40. The Morgan fingerprint density at radius 2 is 1.82 bits per heavy atom. The van der Waals surface area contributed by atoms with Crippen molar-refractivity contribution in [3.05, 3.63) is 0 Å². The second-order valence-corrected chi connectivity index (χ2v) is 7.37. The lowest BCUT2D eigenvalue weighted by atomic mass is 9.85. The van der Waals surface area contributed by atoms with Gasteiger partial charge in [-0.3, -0.25) is 9.69 Å². The highest BCUT2D eigenvalue weighted by Gasteiger charge is 2.43. The monoisotopic (exact) mass is 310 g/mol. The molecule has 0 amide bonds. The van der Waals surface area contributed by atoms with Crippen LogP contribution in [0.15, 0.2) is 0 Å². The van der Waals surface area contributed by atoms with Gasteiger partial charge in [-0.15, -0.1) is 0 Å². The largest absolute Gasteiger partial charge is 0.469 e. The SMILES string of the molecule is COC(=O)C(C)(C)CC1CCC(C(=O)OC(C)(C)C)N1C#N. The topological polar surface area (TPSA) is 79.6 Å². The van der Waals surface area contributed by atoms with Crippen LogP contribution in [0.25, 0.3) is 0 Å². The fourth-order valence-corrected chi connectivity index (χ4v) is 2.78. The molecule has 0 aliphatic carbocycles. The molecule has 6 heteroatoms. The summed E-state index contributed by atoms with van der Waals surface area (Å²) in [6.07, 6.45) is 3.79. The Labute approximate surface area is 132 Å². The smallest absolute Gasteiger partial charge is 0.330 e. The van der Waals surface area contributed by atoms with Crippen molar-refractivity contribution < 1.29 is 19.1 Å². The Balaban J connectivity index is 2.80. The van der Waals surface area contributed by atoms with Gasteiger partial charge in [0.25, 0.3) is 0 Å². The van der Waals surface area contributed by atoms with E-state index in [9.17, 15) is 14.9 Å². The first-order chi connectivity index (χ1) is 10.0. The molecule has 6 nitrogen and oxygen atoms in total. The van der Waals surface area contributed by atoms with Crippen LogP contribution in [0.2, 0.25) is 0 Å². The van der Waals surface area contributed by atoms with Gasteiger partial charge in [0.1, 0.15) is 11.6 Å². The Morgan fingerprint density at radius 3 is 2.27 bits per heavy atom. The van der Waals surface area contributed by atoms with Crippen LogP contribution in [0, 0.1) is 16.9 Å². The number of hydrogen-bond acceptors (Lipinski definition) is 6. The van der Waals surface area contributed by atoms with Crippen molar-refractivity contribution in [2.75, 3.05) is 7.11 Å². The van der Waals surface area contributed by atoms with Gasteiger partial charge in [-0.1, -0.05) is 0 Å². The van der Waals surface area contributed by atoms with Gasteiger partial charge >= 0.3 is 11.9 Å². The summed E-state index contributed by atoms with van der Waals surface area (Å²) in [5.41, 5.74) is -1.28. The van der Waals surface area contributed by atoms with Crippen LogP contribution < -0.4 is 0 Å². The van der Waals surface area contributed by atoms with Gasteiger partial charge in [0.05, 0.1) is 12.5 Å². The molecule has 0 aromatic heterocycles. The normalized spacial score (nSPS) is 22.1. The maximum atomic E-state index is 12.2. The number of carbonyl (C=O) groups excluding carboxylic acids is 2. The van der Waals surface area contributed by atoms with Gasteiger partial charge in [0, 0.05) is 6.04 Å². The number of ether oxygens (including phenoxy) is 2. The van der Waals surface area contributed by atoms with E-state index in [1.54, 1.807) is 34.6 Å². The first-order valence-corrected chi connectivity index (χ1v) is 7.51. The molecule has 0 spiro atoms. The van der Waals surface area contributed by atoms with E-state index >= 15 is 0 Å². The van der Waals surface area contributed by atoms with Gasteiger partial charge in [-0.25, -0.2) is 4.79 Å². The van der Waals surface area contributed by atoms with Crippen LogP contribution in [-0.2, 0) is 19.1 Å². The van der Waals surface area contributed by atoms with Crippen molar-refractivity contribution in [3.8, 4) is 6.19 Å². The van der Waals surface area contributed by atoms with Crippen LogP contribution in [0.4, 0.5) is 0 Å². The zero-order valence-corrected chi connectivity index (χ0v) is 14.3. The summed E-state index contributed by atoms with van der Waals surface area (Å²) in [4.78, 5) is 25.5. The quantitative estimate of drug-likeness (QED) is 0.585. The molecule has 1 heterocycles. The lowest BCUT2D eigenvalue weighted by molar-refractivity contribution is -0.159. The number of esters is 2. The molecular weight excluding hydrogens is 284 g/mol. The Hall–Kier alpha value is -1.77. The first-order valence-electron chi connectivity index (χ1n) is 7.51. The van der Waals surface area contributed by atoms with Gasteiger partial charge < -0.3 is 9.47 Å². The van der Waals surface area contributed by atoms with Gasteiger partial charge in [-0.2, -0.15) is 5.26 Å². The highest BCUT2D eigenvalue weighted by molar-refractivity contribution is 5.77. The standard InChI is InChI=1S/C16H26N2O4/c1-15(2,3)22-13(19)12-8-7-11(18(12)10-17)9-16(4,5)14(20)21-6/h11-12H,7-9H2,1-6H3. The van der Waals surface area contributed by atoms with E-state index in [2.05, 4.69) is 6.19 Å². The van der Waals surface area contributed by atoms with Crippen LogP contribution >= 0.6 is 0 Å². The molecule has 0 bridgehead atoms. The number of nitrogens with zero attached hydrogens (tertiary/aromatic N) is 2. The zero-order chi connectivity index (χ0) is 17.1. The summed E-state index contributed by atoms with van der Waals surface area (Å²) in [6, 6.07) is -0.723. The van der Waals surface area contributed by atoms with Gasteiger partial charge in [0.15, 0.2) is 6.19 Å². The summed E-state index contributed by atoms with van der Waals surface area (Å²) >= 11 is 0. The average Bonchev–Trinajstić information content (AvgIpc) is 2.77. The van der Waals surface area contributed by atoms with E-state index in [0.717, 1.165) is 0 Å². The maximum Gasteiger partial charge on any atom is 0.330 e. The average molecular weight is 310 g/mol. The van der Waals surface area contributed by atoms with E-state index in [1.165, 1.54) is 12.0 Å². The molecule has 2 atom stereocenters. The second-order valence-electron chi connectivity index (χ2n) is 7.37. The Kier molecular flexibility index (Phi) is 5.44. The molecule has 1 aliphatic heterocycles. The Bertz CT molecular complexity index is 474. The predicted octanol–water partition coefficient (Wildman–Crippen LogP) is 2.23. The number of hydrogen-bond donors (Lipinski definition) is 0. The van der Waals surface area contributed by atoms with Crippen LogP contribution in [-0.4, -0.2) is 41.6 Å². The molecule has 1 fully saturated rings. The molecule has 0 aromatic rings. The minimum Gasteiger partial charge on any atom is -0.469 e. The lowest BCUT2D eigenvalue weighted by Gasteiger charge is -2.30. The van der Waals surface area contributed by atoms with E-state index in [0.29, 0.717) is 19.3 Å². The second kappa shape index (κ2) is 6.55. The van der Waals surface area contributed by atoms with Gasteiger partial charge in [0.2, 0.25) is 0 Å².